The maximum atomic E-state index is 4.73. The zero-order valence-electron chi connectivity index (χ0n) is 17.5. The minimum atomic E-state index is 0. The summed E-state index contributed by atoms with van der Waals surface area (Å²) < 4.78 is 0. The minimum Gasteiger partial charge on any atom is -0.369 e. The second kappa shape index (κ2) is 9.13. The summed E-state index contributed by atoms with van der Waals surface area (Å²) in [5.74, 6) is 0.982. The van der Waals surface area contributed by atoms with Crippen LogP contribution < -0.4 is 5.32 Å². The number of nitrogens with one attached hydrogen (secondary N) is 1. The van der Waals surface area contributed by atoms with E-state index in [4.69, 9.17) is 4.98 Å². The van der Waals surface area contributed by atoms with E-state index >= 15 is 0 Å². The van der Waals surface area contributed by atoms with Crippen LogP contribution in [-0.4, -0.2) is 36.4 Å². The van der Waals surface area contributed by atoms with Crippen molar-refractivity contribution in [3.05, 3.63) is 65.6 Å². The molecule has 8 heteroatoms. The van der Waals surface area contributed by atoms with Gasteiger partial charge in [-0.1, -0.05) is 6.92 Å². The van der Waals surface area contributed by atoms with Gasteiger partial charge in [-0.3, -0.25) is 4.98 Å². The molecule has 0 saturated heterocycles. The van der Waals surface area contributed by atoms with Crippen LogP contribution in [0.1, 0.15) is 35.5 Å². The summed E-state index contributed by atoms with van der Waals surface area (Å²) in [6.07, 6.45) is 5.20. The highest BCUT2D eigenvalue weighted by Gasteiger charge is 2.14. The summed E-state index contributed by atoms with van der Waals surface area (Å²) in [5.41, 5.74) is 7.30. The summed E-state index contributed by atoms with van der Waals surface area (Å²) in [6, 6.07) is 7.95. The molecular weight excluding hydrogens is 394 g/mol. The van der Waals surface area contributed by atoms with Crippen molar-refractivity contribution in [2.24, 2.45) is 0 Å². The second-order valence-corrected chi connectivity index (χ2v) is 7.23. The molecule has 4 aromatic heterocycles. The molecule has 0 saturated carbocycles. The maximum absolute atomic E-state index is 4.73. The van der Waals surface area contributed by atoms with Crippen LogP contribution in [0.2, 0.25) is 0 Å². The van der Waals surface area contributed by atoms with Gasteiger partial charge in [0.2, 0.25) is 0 Å². The van der Waals surface area contributed by atoms with E-state index in [-0.39, 0.29) is 19.4 Å². The van der Waals surface area contributed by atoms with Crippen LogP contribution in [0.3, 0.4) is 0 Å². The zero-order chi connectivity index (χ0) is 20.4. The Balaban J connectivity index is 0.00000256. The smallest absolute Gasteiger partial charge is 0.178 e. The Morgan fingerprint density at radius 2 is 1.73 bits per heavy atom. The Morgan fingerprint density at radius 1 is 0.933 bits per heavy atom. The third-order valence-electron chi connectivity index (χ3n) is 5.01. The lowest BCUT2D eigenvalue weighted by atomic mass is 10.0. The highest BCUT2D eigenvalue weighted by molar-refractivity contribution is 7.59. The van der Waals surface area contributed by atoms with Crippen LogP contribution in [0.4, 0.5) is 5.82 Å². The predicted molar refractivity (Wildman–Crippen MR) is 124 cm³/mol. The van der Waals surface area contributed by atoms with Gasteiger partial charge in [0.05, 0.1) is 17.1 Å². The molecule has 0 bridgehead atoms. The highest BCUT2D eigenvalue weighted by Crippen LogP contribution is 2.24. The average Bonchev–Trinajstić information content (AvgIpc) is 2.73. The van der Waals surface area contributed by atoms with Crippen molar-refractivity contribution < 1.29 is 0 Å². The molecule has 0 unspecified atom stereocenters. The number of aryl methyl sites for hydroxylation is 3. The molecule has 7 nitrogen and oxygen atoms in total. The maximum Gasteiger partial charge on any atom is 0.178 e. The third kappa shape index (κ3) is 4.54. The molecule has 0 aliphatic heterocycles. The highest BCUT2D eigenvalue weighted by atomic mass is 32.1. The quantitative estimate of drug-likeness (QED) is 0.520. The number of fused-ring (bicyclic) bond motifs is 1. The van der Waals surface area contributed by atoms with Crippen LogP contribution >= 0.6 is 13.5 Å². The lowest BCUT2D eigenvalue weighted by Gasteiger charge is -2.15. The molecule has 0 aromatic carbocycles. The molecule has 0 amide bonds. The summed E-state index contributed by atoms with van der Waals surface area (Å²) in [4.78, 5) is 26.7. The SMILES string of the molecule is Cc1ccc(-c2cc(NC[C@@H](C)c3ccnc4nc(C)c(C)nc34)ncn2)cn1.S. The van der Waals surface area contributed by atoms with E-state index in [1.165, 1.54) is 0 Å². The molecule has 0 fully saturated rings. The van der Waals surface area contributed by atoms with Gasteiger partial charge in [0, 0.05) is 42.2 Å². The molecular formula is C22H25N7S. The van der Waals surface area contributed by atoms with Gasteiger partial charge in [-0.15, -0.1) is 0 Å². The van der Waals surface area contributed by atoms with Crippen molar-refractivity contribution in [1.29, 1.82) is 0 Å². The number of pyridine rings is 2. The van der Waals surface area contributed by atoms with Gasteiger partial charge in [0.25, 0.3) is 0 Å². The van der Waals surface area contributed by atoms with Gasteiger partial charge in [0.1, 0.15) is 17.7 Å². The fourth-order valence-electron chi connectivity index (χ4n) is 3.14. The summed E-state index contributed by atoms with van der Waals surface area (Å²) in [7, 11) is 0. The Kier molecular flexibility index (Phi) is 6.56. The third-order valence-corrected chi connectivity index (χ3v) is 5.01. The van der Waals surface area contributed by atoms with Crippen molar-refractivity contribution >= 4 is 30.5 Å². The largest absolute Gasteiger partial charge is 0.369 e. The fourth-order valence-corrected chi connectivity index (χ4v) is 3.14. The van der Waals surface area contributed by atoms with Crippen LogP contribution in [0.5, 0.6) is 0 Å². The Hall–Kier alpha value is -3.13. The van der Waals surface area contributed by atoms with Crippen LogP contribution in [0.15, 0.2) is 43.0 Å². The summed E-state index contributed by atoms with van der Waals surface area (Å²) in [6.45, 7) is 8.76. The van der Waals surface area contributed by atoms with E-state index in [9.17, 15) is 0 Å². The molecule has 4 aromatic rings. The number of nitrogens with zero attached hydrogens (tertiary/aromatic N) is 6. The molecule has 1 atom stereocenters. The van der Waals surface area contributed by atoms with E-state index in [0.29, 0.717) is 12.2 Å². The number of anilines is 1. The number of hydrogen-bond acceptors (Lipinski definition) is 7. The first-order valence-corrected chi connectivity index (χ1v) is 9.60. The number of aromatic nitrogens is 6. The van der Waals surface area contributed by atoms with Gasteiger partial charge in [-0.05, 0) is 44.5 Å². The molecule has 0 radical (unpaired) electrons. The van der Waals surface area contributed by atoms with E-state index in [1.807, 2.05) is 51.2 Å². The van der Waals surface area contributed by atoms with Crippen molar-refractivity contribution in [2.75, 3.05) is 11.9 Å². The van der Waals surface area contributed by atoms with Crippen molar-refractivity contribution in [3.8, 4) is 11.3 Å². The molecule has 30 heavy (non-hydrogen) atoms. The monoisotopic (exact) mass is 419 g/mol. The Bertz CT molecular complexity index is 1160. The lowest BCUT2D eigenvalue weighted by molar-refractivity contribution is 0.802. The van der Waals surface area contributed by atoms with Crippen molar-refractivity contribution in [1.82, 2.24) is 29.9 Å². The number of hydrogen-bond donors (Lipinski definition) is 1. The van der Waals surface area contributed by atoms with E-state index in [2.05, 4.69) is 37.2 Å². The molecule has 4 rings (SSSR count). The Morgan fingerprint density at radius 3 is 2.50 bits per heavy atom. The van der Waals surface area contributed by atoms with Crippen molar-refractivity contribution in [3.63, 3.8) is 0 Å². The van der Waals surface area contributed by atoms with Crippen molar-refractivity contribution in [2.45, 2.75) is 33.6 Å². The van der Waals surface area contributed by atoms with Gasteiger partial charge in [-0.25, -0.2) is 24.9 Å². The minimum absolute atomic E-state index is 0. The lowest BCUT2D eigenvalue weighted by Crippen LogP contribution is -2.12. The predicted octanol–water partition coefficient (Wildman–Crippen LogP) is 4.13. The fraction of sp³-hybridized carbons (Fsp3) is 0.273. The second-order valence-electron chi connectivity index (χ2n) is 7.23. The number of rotatable bonds is 5. The Labute approximate surface area is 182 Å². The first-order chi connectivity index (χ1) is 14.0. The van der Waals surface area contributed by atoms with Gasteiger partial charge in [0.15, 0.2) is 5.65 Å². The summed E-state index contributed by atoms with van der Waals surface area (Å²) in [5, 5.41) is 3.42. The molecule has 1 N–H and O–H groups in total. The van der Waals surface area contributed by atoms with E-state index in [0.717, 1.165) is 45.2 Å². The van der Waals surface area contributed by atoms with E-state index < -0.39 is 0 Å². The van der Waals surface area contributed by atoms with Gasteiger partial charge >= 0.3 is 0 Å². The van der Waals surface area contributed by atoms with Crippen LogP contribution in [0.25, 0.3) is 22.4 Å². The van der Waals surface area contributed by atoms with Gasteiger partial charge < -0.3 is 5.32 Å². The molecule has 4 heterocycles. The topological polar surface area (TPSA) is 89.4 Å². The molecule has 0 aliphatic carbocycles. The normalized spacial score (nSPS) is 11.7. The first-order valence-electron chi connectivity index (χ1n) is 9.60. The standard InChI is InChI=1S/C22H23N7.H2S/c1-13(18-7-8-23-22-21(18)28-15(3)16(4)29-22)10-25-20-9-19(26-12-27-20)17-6-5-14(2)24-11-17;/h5-9,11-13H,10H2,1-4H3,(H,25,26,27);1H2/t13-;/m1./s1. The van der Waals surface area contributed by atoms with Gasteiger partial charge in [-0.2, -0.15) is 13.5 Å². The zero-order valence-corrected chi connectivity index (χ0v) is 18.5. The van der Waals surface area contributed by atoms with Crippen LogP contribution in [-0.2, 0) is 0 Å². The van der Waals surface area contributed by atoms with E-state index in [1.54, 1.807) is 12.5 Å². The molecule has 0 aliphatic rings. The molecule has 154 valence electrons. The first kappa shape index (κ1) is 21.6. The average molecular weight is 420 g/mol. The van der Waals surface area contributed by atoms with Crippen LogP contribution in [0, 0.1) is 20.8 Å². The molecule has 0 spiro atoms. The summed E-state index contributed by atoms with van der Waals surface area (Å²) >= 11 is 0.